The molecule has 2 aliphatic carbocycles. The van der Waals surface area contributed by atoms with Gasteiger partial charge < -0.3 is 14.8 Å². The van der Waals surface area contributed by atoms with E-state index >= 15 is 0 Å². The highest BCUT2D eigenvalue weighted by molar-refractivity contribution is 5.95. The zero-order valence-electron chi connectivity index (χ0n) is 21.7. The first-order valence-corrected chi connectivity index (χ1v) is 13.4. The Morgan fingerprint density at radius 2 is 1.98 bits per heavy atom. The highest BCUT2D eigenvalue weighted by Gasteiger charge is 2.36. The van der Waals surface area contributed by atoms with Crippen molar-refractivity contribution in [2.24, 2.45) is 5.92 Å². The number of carbonyl (C=O) groups is 1. The summed E-state index contributed by atoms with van der Waals surface area (Å²) in [4.78, 5) is 21.5. The summed E-state index contributed by atoms with van der Waals surface area (Å²) < 4.78 is 55.6. The second-order valence-corrected chi connectivity index (χ2v) is 10.4. The van der Waals surface area contributed by atoms with Crippen LogP contribution in [0.15, 0.2) is 36.8 Å². The van der Waals surface area contributed by atoms with E-state index in [1.54, 1.807) is 23.3 Å². The van der Waals surface area contributed by atoms with Gasteiger partial charge in [0.2, 0.25) is 0 Å². The number of rotatable bonds is 7. The molecule has 0 spiro atoms. The van der Waals surface area contributed by atoms with E-state index in [4.69, 9.17) is 9.47 Å². The lowest BCUT2D eigenvalue weighted by Gasteiger charge is -2.22. The van der Waals surface area contributed by atoms with Crippen LogP contribution in [0, 0.1) is 17.8 Å². The maximum atomic E-state index is 14.3. The standard InChI is InChI=1S/C29H28F3N5O3/c30-29(31,32)25-11-20(28(38)35-13-22-12-34-26(14-33-22)19-5-6-19)7-8-24(25)27-21(4-3-18-1-2-18)15-37(36-27)16-23-17-39-9-10-40-23/h7-8,11-12,14-15,18-19,23H,1-2,5-6,9-10,13,16-17H2,(H,35,38)/t23-/m0/s1. The Kier molecular flexibility index (Phi) is 7.29. The molecule has 1 aromatic carbocycles. The molecule has 1 atom stereocenters. The number of ether oxygens (including phenoxy) is 2. The Hall–Kier alpha value is -3.75. The molecule has 3 aromatic rings. The Morgan fingerprint density at radius 3 is 2.65 bits per heavy atom. The monoisotopic (exact) mass is 551 g/mol. The van der Waals surface area contributed by atoms with Gasteiger partial charge in [0.1, 0.15) is 11.8 Å². The van der Waals surface area contributed by atoms with Gasteiger partial charge in [-0.2, -0.15) is 18.3 Å². The summed E-state index contributed by atoms with van der Waals surface area (Å²) in [7, 11) is 0. The third kappa shape index (κ3) is 6.35. The van der Waals surface area contributed by atoms with Crippen molar-refractivity contribution in [3.8, 4) is 23.1 Å². The molecule has 1 amide bonds. The number of aromatic nitrogens is 4. The van der Waals surface area contributed by atoms with Crippen molar-refractivity contribution in [3.05, 3.63) is 64.9 Å². The number of alkyl halides is 3. The quantitative estimate of drug-likeness (QED) is 0.440. The maximum Gasteiger partial charge on any atom is 0.417 e. The minimum Gasteiger partial charge on any atom is -0.376 e. The lowest BCUT2D eigenvalue weighted by atomic mass is 9.98. The second kappa shape index (κ2) is 11.0. The van der Waals surface area contributed by atoms with Gasteiger partial charge in [-0.15, -0.1) is 0 Å². The Bertz CT molecular complexity index is 1440. The second-order valence-electron chi connectivity index (χ2n) is 10.4. The van der Waals surface area contributed by atoms with Gasteiger partial charge in [0.25, 0.3) is 5.91 Å². The summed E-state index contributed by atoms with van der Waals surface area (Å²) >= 11 is 0. The van der Waals surface area contributed by atoms with Gasteiger partial charge in [0.05, 0.1) is 61.6 Å². The summed E-state index contributed by atoms with van der Waals surface area (Å²) in [5.74, 6) is 6.23. The topological polar surface area (TPSA) is 91.2 Å². The molecule has 3 fully saturated rings. The lowest BCUT2D eigenvalue weighted by Crippen LogP contribution is -2.32. The summed E-state index contributed by atoms with van der Waals surface area (Å²) in [5, 5.41) is 7.13. The van der Waals surface area contributed by atoms with E-state index in [2.05, 4.69) is 32.2 Å². The zero-order valence-corrected chi connectivity index (χ0v) is 21.7. The van der Waals surface area contributed by atoms with E-state index in [0.717, 1.165) is 37.4 Å². The Labute approximate surface area is 229 Å². The van der Waals surface area contributed by atoms with Gasteiger partial charge >= 0.3 is 6.18 Å². The molecule has 3 aliphatic rings. The number of benzene rings is 1. The Morgan fingerprint density at radius 1 is 1.12 bits per heavy atom. The molecule has 208 valence electrons. The van der Waals surface area contributed by atoms with Crippen molar-refractivity contribution in [2.45, 2.75) is 57.0 Å². The van der Waals surface area contributed by atoms with Crippen LogP contribution in [0.5, 0.6) is 0 Å². The van der Waals surface area contributed by atoms with Crippen LogP contribution in [-0.2, 0) is 28.7 Å². The first-order chi connectivity index (χ1) is 19.3. The van der Waals surface area contributed by atoms with Crippen LogP contribution in [-0.4, -0.2) is 51.6 Å². The van der Waals surface area contributed by atoms with Gasteiger partial charge in [-0.25, -0.2) is 0 Å². The smallest absolute Gasteiger partial charge is 0.376 e. The molecule has 0 unspecified atom stereocenters. The first-order valence-electron chi connectivity index (χ1n) is 13.4. The van der Waals surface area contributed by atoms with E-state index in [1.807, 2.05) is 0 Å². The molecule has 1 aliphatic heterocycles. The van der Waals surface area contributed by atoms with Crippen molar-refractivity contribution < 1.29 is 27.4 Å². The summed E-state index contributed by atoms with van der Waals surface area (Å²) in [6.07, 6.45) is 4.11. The van der Waals surface area contributed by atoms with Gasteiger partial charge in [-0.3, -0.25) is 19.4 Å². The average molecular weight is 552 g/mol. The maximum absolute atomic E-state index is 14.3. The number of nitrogens with one attached hydrogen (secondary N) is 1. The molecule has 0 radical (unpaired) electrons. The number of amides is 1. The lowest BCUT2D eigenvalue weighted by molar-refractivity contribution is -0.137. The molecule has 40 heavy (non-hydrogen) atoms. The number of carbonyl (C=O) groups excluding carboxylic acids is 1. The highest BCUT2D eigenvalue weighted by Crippen LogP contribution is 2.39. The molecule has 6 rings (SSSR count). The minimum absolute atomic E-state index is 0.0537. The van der Waals surface area contributed by atoms with Crippen LogP contribution >= 0.6 is 0 Å². The fraction of sp³-hybridized carbons (Fsp3) is 0.448. The van der Waals surface area contributed by atoms with Crippen LogP contribution in [0.4, 0.5) is 13.2 Å². The fourth-order valence-corrected chi connectivity index (χ4v) is 4.51. The third-order valence-corrected chi connectivity index (χ3v) is 7.02. The fourth-order valence-electron chi connectivity index (χ4n) is 4.51. The van der Waals surface area contributed by atoms with Crippen molar-refractivity contribution >= 4 is 5.91 Å². The van der Waals surface area contributed by atoms with Crippen LogP contribution in [0.1, 0.15) is 64.5 Å². The molecule has 2 aromatic heterocycles. The van der Waals surface area contributed by atoms with E-state index < -0.39 is 17.6 Å². The van der Waals surface area contributed by atoms with E-state index in [0.29, 0.717) is 43.5 Å². The number of hydrogen-bond acceptors (Lipinski definition) is 6. The van der Waals surface area contributed by atoms with Gasteiger partial charge in [-0.05, 0) is 37.8 Å². The Balaban J connectivity index is 1.25. The van der Waals surface area contributed by atoms with Crippen molar-refractivity contribution in [1.29, 1.82) is 0 Å². The van der Waals surface area contributed by atoms with E-state index in [1.165, 1.54) is 12.1 Å². The molecular weight excluding hydrogens is 523 g/mol. The van der Waals surface area contributed by atoms with Gasteiger partial charge in [0.15, 0.2) is 0 Å². The van der Waals surface area contributed by atoms with E-state index in [-0.39, 0.29) is 35.4 Å². The number of nitrogens with zero attached hydrogens (tertiary/aromatic N) is 4. The van der Waals surface area contributed by atoms with Gasteiger partial charge in [0, 0.05) is 35.4 Å². The SMILES string of the molecule is O=C(NCc1cnc(C2CC2)cn1)c1ccc(-c2nn(C[C@H]3COCCO3)cc2C#CC2CC2)c(C(F)(F)F)c1. The van der Waals surface area contributed by atoms with Crippen LogP contribution in [0.2, 0.25) is 0 Å². The largest absolute Gasteiger partial charge is 0.417 e. The van der Waals surface area contributed by atoms with Crippen molar-refractivity contribution in [2.75, 3.05) is 19.8 Å². The van der Waals surface area contributed by atoms with E-state index in [9.17, 15) is 18.0 Å². The predicted octanol–water partition coefficient (Wildman–Crippen LogP) is 4.34. The van der Waals surface area contributed by atoms with Crippen LogP contribution in [0.3, 0.4) is 0 Å². The first kappa shape index (κ1) is 26.5. The summed E-state index contributed by atoms with van der Waals surface area (Å²) in [6.45, 7) is 1.72. The highest BCUT2D eigenvalue weighted by atomic mass is 19.4. The van der Waals surface area contributed by atoms with Crippen LogP contribution in [0.25, 0.3) is 11.3 Å². The normalized spacial score (nSPS) is 19.1. The summed E-state index contributed by atoms with van der Waals surface area (Å²) in [5.41, 5.74) is 0.771. The predicted molar refractivity (Wildman–Crippen MR) is 138 cm³/mol. The molecule has 1 saturated heterocycles. The molecule has 3 heterocycles. The van der Waals surface area contributed by atoms with Crippen molar-refractivity contribution in [3.63, 3.8) is 0 Å². The molecule has 0 bridgehead atoms. The average Bonchev–Trinajstić information content (AvgIpc) is 3.89. The number of hydrogen-bond donors (Lipinski definition) is 1. The molecule has 2 saturated carbocycles. The van der Waals surface area contributed by atoms with Gasteiger partial charge in [-0.1, -0.05) is 17.9 Å². The molecule has 8 nitrogen and oxygen atoms in total. The molecule has 11 heteroatoms. The minimum atomic E-state index is -4.72. The van der Waals surface area contributed by atoms with Crippen LogP contribution < -0.4 is 5.32 Å². The third-order valence-electron chi connectivity index (χ3n) is 7.02. The molecule has 1 N–H and O–H groups in total. The van der Waals surface area contributed by atoms with Crippen molar-refractivity contribution in [1.82, 2.24) is 25.1 Å². The molecular formula is C29H28F3N5O3. The number of halogens is 3. The summed E-state index contributed by atoms with van der Waals surface area (Å²) in [6, 6.07) is 3.52. The zero-order chi connectivity index (χ0) is 27.7.